The van der Waals surface area contributed by atoms with Gasteiger partial charge < -0.3 is 9.88 Å². The van der Waals surface area contributed by atoms with E-state index in [9.17, 15) is 14.0 Å². The van der Waals surface area contributed by atoms with Crippen molar-refractivity contribution in [3.8, 4) is 11.3 Å². The standard InChI is InChI=1S/C27H23FN8O2/c1-17-26-21(15-34(17)14-18-3-2-8-30-12-18)27(38)36-25(11-22(33-36)19-6-9-29-10-7-19)35(26)16-24(37)32-23-5-4-20(28)13-31-23/h2-13,17H,14-16H2,1H3,(H,31,32,37). The fourth-order valence-electron chi connectivity index (χ4n) is 4.90. The summed E-state index contributed by atoms with van der Waals surface area (Å²) in [7, 11) is 0. The van der Waals surface area contributed by atoms with Gasteiger partial charge in [-0.15, -0.1) is 0 Å². The number of pyridine rings is 3. The van der Waals surface area contributed by atoms with Gasteiger partial charge in [-0.2, -0.15) is 9.61 Å². The molecule has 10 nitrogen and oxygen atoms in total. The summed E-state index contributed by atoms with van der Waals surface area (Å²) in [4.78, 5) is 41.2. The van der Waals surface area contributed by atoms with E-state index in [2.05, 4.69) is 30.3 Å². The number of halogens is 1. The van der Waals surface area contributed by atoms with E-state index in [1.54, 1.807) is 30.9 Å². The van der Waals surface area contributed by atoms with Crippen LogP contribution in [0.15, 0.2) is 78.2 Å². The van der Waals surface area contributed by atoms with Crippen molar-refractivity contribution in [2.24, 2.45) is 0 Å². The van der Waals surface area contributed by atoms with Gasteiger partial charge in [-0.1, -0.05) is 6.07 Å². The van der Waals surface area contributed by atoms with E-state index in [0.717, 1.165) is 23.0 Å². The van der Waals surface area contributed by atoms with E-state index in [0.29, 0.717) is 30.0 Å². The van der Waals surface area contributed by atoms with Crippen LogP contribution in [-0.2, 0) is 24.4 Å². The van der Waals surface area contributed by atoms with Crippen LogP contribution in [0.25, 0.3) is 16.9 Å². The normalized spacial score (nSPS) is 15.1. The van der Waals surface area contributed by atoms with Crippen LogP contribution in [0.2, 0.25) is 0 Å². The Bertz CT molecular complexity index is 1680. The number of nitrogens with zero attached hydrogens (tertiary/aromatic N) is 7. The number of hydrogen-bond donors (Lipinski definition) is 1. The number of carbonyl (C=O) groups is 1. The first-order valence-corrected chi connectivity index (χ1v) is 12.1. The van der Waals surface area contributed by atoms with Crippen LogP contribution in [0, 0.1) is 5.82 Å². The SMILES string of the molecule is CC1c2c(c(=O)n3nc(-c4ccncc4)cc3n2CC(=O)Nc2ccc(F)cn2)CN1Cc1cccnc1. The molecule has 1 aliphatic rings. The molecule has 0 saturated carbocycles. The molecule has 11 heteroatoms. The largest absolute Gasteiger partial charge is 0.318 e. The van der Waals surface area contributed by atoms with Crippen molar-refractivity contribution < 1.29 is 9.18 Å². The van der Waals surface area contributed by atoms with Gasteiger partial charge in [-0.3, -0.25) is 24.5 Å². The molecule has 5 aromatic heterocycles. The number of carbonyl (C=O) groups excluding carboxylic acids is 1. The van der Waals surface area contributed by atoms with Gasteiger partial charge in [0.15, 0.2) is 0 Å². The summed E-state index contributed by atoms with van der Waals surface area (Å²) >= 11 is 0. The highest BCUT2D eigenvalue weighted by Gasteiger charge is 2.34. The lowest BCUT2D eigenvalue weighted by Gasteiger charge is -2.23. The van der Waals surface area contributed by atoms with Crippen molar-refractivity contribution in [3.05, 3.63) is 106 Å². The van der Waals surface area contributed by atoms with Crippen LogP contribution in [0.5, 0.6) is 0 Å². The van der Waals surface area contributed by atoms with E-state index in [1.165, 1.54) is 16.6 Å². The van der Waals surface area contributed by atoms with E-state index in [-0.39, 0.29) is 29.9 Å². The Balaban J connectivity index is 1.43. The third-order valence-corrected chi connectivity index (χ3v) is 6.70. The Morgan fingerprint density at radius 3 is 2.68 bits per heavy atom. The van der Waals surface area contributed by atoms with E-state index in [1.807, 2.05) is 35.8 Å². The highest BCUT2D eigenvalue weighted by atomic mass is 19.1. The van der Waals surface area contributed by atoms with Crippen LogP contribution in [0.3, 0.4) is 0 Å². The maximum Gasteiger partial charge on any atom is 0.279 e. The second kappa shape index (κ2) is 9.60. The minimum absolute atomic E-state index is 0.0856. The Hall–Kier alpha value is -4.77. The minimum Gasteiger partial charge on any atom is -0.318 e. The maximum absolute atomic E-state index is 13.7. The maximum atomic E-state index is 13.7. The molecule has 0 aliphatic carbocycles. The molecular weight excluding hydrogens is 487 g/mol. The van der Waals surface area contributed by atoms with E-state index in [4.69, 9.17) is 0 Å². The van der Waals surface area contributed by atoms with E-state index < -0.39 is 5.82 Å². The third kappa shape index (κ3) is 4.33. The number of amides is 1. The minimum atomic E-state index is -0.492. The summed E-state index contributed by atoms with van der Waals surface area (Å²) in [6.45, 7) is 2.94. The lowest BCUT2D eigenvalue weighted by atomic mass is 10.1. The van der Waals surface area contributed by atoms with Crippen LogP contribution in [0.1, 0.15) is 29.8 Å². The first-order chi connectivity index (χ1) is 18.5. The van der Waals surface area contributed by atoms with Gasteiger partial charge >= 0.3 is 0 Å². The average molecular weight is 511 g/mol. The molecule has 1 amide bonds. The summed E-state index contributed by atoms with van der Waals surface area (Å²) in [5, 5.41) is 7.31. The molecule has 0 spiro atoms. The Kier molecular flexibility index (Phi) is 5.97. The van der Waals surface area contributed by atoms with Crippen molar-refractivity contribution >= 4 is 17.4 Å². The molecule has 1 unspecified atom stereocenters. The molecule has 0 fully saturated rings. The zero-order chi connectivity index (χ0) is 26.2. The van der Waals surface area contributed by atoms with Crippen molar-refractivity contribution in [3.63, 3.8) is 0 Å². The molecule has 6 heterocycles. The lowest BCUT2D eigenvalue weighted by molar-refractivity contribution is -0.116. The number of fused-ring (bicyclic) bond motifs is 2. The highest BCUT2D eigenvalue weighted by Crippen LogP contribution is 2.34. The van der Waals surface area contributed by atoms with Crippen LogP contribution < -0.4 is 10.9 Å². The fourth-order valence-corrected chi connectivity index (χ4v) is 4.90. The van der Waals surface area contributed by atoms with Gasteiger partial charge in [0.2, 0.25) is 5.91 Å². The van der Waals surface area contributed by atoms with Crippen LogP contribution in [-0.4, -0.2) is 39.9 Å². The molecule has 190 valence electrons. The molecule has 0 radical (unpaired) electrons. The smallest absolute Gasteiger partial charge is 0.279 e. The van der Waals surface area contributed by atoms with Crippen LogP contribution >= 0.6 is 0 Å². The summed E-state index contributed by atoms with van der Waals surface area (Å²) in [6.07, 6.45) is 7.89. The van der Waals surface area contributed by atoms with Crippen LogP contribution in [0.4, 0.5) is 10.2 Å². The molecule has 5 aromatic rings. The molecular formula is C27H23FN8O2. The monoisotopic (exact) mass is 510 g/mol. The molecule has 1 atom stereocenters. The first-order valence-electron chi connectivity index (χ1n) is 12.1. The molecule has 0 aromatic carbocycles. The predicted octanol–water partition coefficient (Wildman–Crippen LogP) is 3.20. The van der Waals surface area contributed by atoms with Crippen molar-refractivity contribution in [2.75, 3.05) is 5.32 Å². The number of nitrogens with one attached hydrogen (secondary N) is 1. The van der Waals surface area contributed by atoms with Gasteiger partial charge in [0.1, 0.15) is 23.8 Å². The lowest BCUT2D eigenvalue weighted by Crippen LogP contribution is -2.28. The van der Waals surface area contributed by atoms with Crippen molar-refractivity contribution in [2.45, 2.75) is 32.6 Å². The predicted molar refractivity (Wildman–Crippen MR) is 137 cm³/mol. The summed E-state index contributed by atoms with van der Waals surface area (Å²) in [6, 6.07) is 11.8. The average Bonchev–Trinajstić information content (AvgIpc) is 3.52. The first kappa shape index (κ1) is 23.6. The number of aromatic nitrogens is 6. The second-order valence-corrected chi connectivity index (χ2v) is 9.14. The van der Waals surface area contributed by atoms with Gasteiger partial charge in [0.25, 0.3) is 5.56 Å². The number of rotatable bonds is 6. The summed E-state index contributed by atoms with van der Waals surface area (Å²) in [5.41, 5.74) is 4.06. The topological polar surface area (TPSA) is 110 Å². The zero-order valence-electron chi connectivity index (χ0n) is 20.5. The van der Waals surface area contributed by atoms with Crippen molar-refractivity contribution in [1.29, 1.82) is 0 Å². The third-order valence-electron chi connectivity index (χ3n) is 6.70. The molecule has 6 rings (SSSR count). The summed E-state index contributed by atoms with van der Waals surface area (Å²) < 4.78 is 16.5. The molecule has 0 saturated heterocycles. The fraction of sp³-hybridized carbons (Fsp3) is 0.185. The van der Waals surface area contributed by atoms with Gasteiger partial charge in [0, 0.05) is 61.2 Å². The molecule has 1 N–H and O–H groups in total. The number of hydrogen-bond acceptors (Lipinski definition) is 7. The second-order valence-electron chi connectivity index (χ2n) is 9.14. The van der Waals surface area contributed by atoms with Gasteiger partial charge in [-0.05, 0) is 42.8 Å². The molecule has 38 heavy (non-hydrogen) atoms. The van der Waals surface area contributed by atoms with Gasteiger partial charge in [-0.25, -0.2) is 9.37 Å². The quantitative estimate of drug-likeness (QED) is 0.374. The van der Waals surface area contributed by atoms with E-state index >= 15 is 0 Å². The molecule has 0 bridgehead atoms. The van der Waals surface area contributed by atoms with Gasteiger partial charge in [0.05, 0.1) is 17.5 Å². The Morgan fingerprint density at radius 1 is 1.11 bits per heavy atom. The molecule has 1 aliphatic heterocycles. The zero-order valence-corrected chi connectivity index (χ0v) is 20.5. The number of anilines is 1. The summed E-state index contributed by atoms with van der Waals surface area (Å²) in [5.74, 6) is -0.614. The highest BCUT2D eigenvalue weighted by molar-refractivity contribution is 5.90. The van der Waals surface area contributed by atoms with Crippen molar-refractivity contribution in [1.82, 2.24) is 34.0 Å². The Morgan fingerprint density at radius 2 is 1.95 bits per heavy atom. The Labute approximate surface area is 216 Å².